The van der Waals surface area contributed by atoms with Crippen molar-refractivity contribution in [2.75, 3.05) is 0 Å². The van der Waals surface area contributed by atoms with Crippen molar-refractivity contribution in [3.63, 3.8) is 0 Å². The van der Waals surface area contributed by atoms with Crippen LogP contribution in [0.2, 0.25) is 15.1 Å². The van der Waals surface area contributed by atoms with Crippen LogP contribution in [0, 0.1) is 0 Å². The van der Waals surface area contributed by atoms with Crippen LogP contribution < -0.4 is 11.2 Å². The molecule has 2 aromatic carbocycles. The van der Waals surface area contributed by atoms with Gasteiger partial charge in [0.05, 0.1) is 16.6 Å². The smallest absolute Gasteiger partial charge is 0.309 e. The van der Waals surface area contributed by atoms with Gasteiger partial charge in [-0.3, -0.25) is 13.9 Å². The number of rotatable bonds is 5. The second-order valence-corrected chi connectivity index (χ2v) is 9.22. The highest BCUT2D eigenvalue weighted by Gasteiger charge is 2.20. The molecular formula is C21H17Cl3N4O2S. The standard InChI is InChI=1S/C21H17Cl3N4O2S/c1-26-18-17(19(29)27(2)21(26)30)28(10-12-6-7-15(23)16(24)9-12)20(25-18)31-11-13-4-3-5-14(22)8-13/h3-9H,10-11H2,1-2H3. The lowest BCUT2D eigenvalue weighted by Crippen LogP contribution is -2.37. The minimum absolute atomic E-state index is 0.335. The largest absolute Gasteiger partial charge is 0.332 e. The van der Waals surface area contributed by atoms with Crippen molar-refractivity contribution in [2.45, 2.75) is 17.5 Å². The second kappa shape index (κ2) is 8.74. The fraction of sp³-hybridized carbons (Fsp3) is 0.190. The summed E-state index contributed by atoms with van der Waals surface area (Å²) in [6.07, 6.45) is 0. The maximum atomic E-state index is 13.0. The number of hydrogen-bond acceptors (Lipinski definition) is 4. The molecule has 0 fully saturated rings. The van der Waals surface area contributed by atoms with Crippen LogP contribution in [0.4, 0.5) is 0 Å². The van der Waals surface area contributed by atoms with E-state index in [4.69, 9.17) is 34.8 Å². The average Bonchev–Trinajstić information content (AvgIpc) is 3.10. The average molecular weight is 496 g/mol. The maximum absolute atomic E-state index is 13.0. The molecule has 0 spiro atoms. The zero-order valence-electron chi connectivity index (χ0n) is 16.6. The number of imidazole rings is 1. The van der Waals surface area contributed by atoms with Gasteiger partial charge in [0, 0.05) is 24.9 Å². The fourth-order valence-electron chi connectivity index (χ4n) is 3.28. The number of halogens is 3. The Morgan fingerprint density at radius 3 is 2.42 bits per heavy atom. The van der Waals surface area contributed by atoms with Crippen LogP contribution in [0.15, 0.2) is 57.2 Å². The minimum atomic E-state index is -0.428. The molecule has 0 bridgehead atoms. The Bertz CT molecular complexity index is 1420. The zero-order chi connectivity index (χ0) is 22.3. The first kappa shape index (κ1) is 22.0. The van der Waals surface area contributed by atoms with Crippen LogP contribution in [0.25, 0.3) is 11.2 Å². The molecule has 0 aliphatic carbocycles. The number of aromatic nitrogens is 4. The highest BCUT2D eigenvalue weighted by molar-refractivity contribution is 7.98. The third-order valence-corrected chi connectivity index (χ3v) is 6.92. The topological polar surface area (TPSA) is 61.8 Å². The summed E-state index contributed by atoms with van der Waals surface area (Å²) >= 11 is 19.8. The summed E-state index contributed by atoms with van der Waals surface area (Å²) in [4.78, 5) is 30.0. The highest BCUT2D eigenvalue weighted by Crippen LogP contribution is 2.28. The van der Waals surface area contributed by atoms with Gasteiger partial charge in [-0.25, -0.2) is 9.78 Å². The van der Waals surface area contributed by atoms with E-state index in [1.807, 2.05) is 34.9 Å². The van der Waals surface area contributed by atoms with E-state index >= 15 is 0 Å². The van der Waals surface area contributed by atoms with Crippen LogP contribution in [-0.4, -0.2) is 18.7 Å². The monoisotopic (exact) mass is 494 g/mol. The number of hydrogen-bond donors (Lipinski definition) is 0. The van der Waals surface area contributed by atoms with Crippen LogP contribution in [0.5, 0.6) is 0 Å². The lowest BCUT2D eigenvalue weighted by Gasteiger charge is -2.10. The molecule has 31 heavy (non-hydrogen) atoms. The van der Waals surface area contributed by atoms with Gasteiger partial charge in [-0.15, -0.1) is 0 Å². The predicted octanol–water partition coefficient (Wildman–Crippen LogP) is 4.73. The molecule has 0 saturated heterocycles. The molecule has 0 radical (unpaired) electrons. The van der Waals surface area contributed by atoms with Gasteiger partial charge < -0.3 is 4.57 Å². The molecule has 0 amide bonds. The van der Waals surface area contributed by atoms with Gasteiger partial charge in [0.15, 0.2) is 16.3 Å². The first-order valence-electron chi connectivity index (χ1n) is 9.23. The number of nitrogens with zero attached hydrogens (tertiary/aromatic N) is 4. The van der Waals surface area contributed by atoms with E-state index in [2.05, 4.69) is 4.98 Å². The van der Waals surface area contributed by atoms with Crippen molar-refractivity contribution in [1.29, 1.82) is 0 Å². The molecule has 6 nitrogen and oxygen atoms in total. The van der Waals surface area contributed by atoms with Gasteiger partial charge >= 0.3 is 5.69 Å². The van der Waals surface area contributed by atoms with E-state index in [-0.39, 0.29) is 0 Å². The summed E-state index contributed by atoms with van der Waals surface area (Å²) in [5.41, 5.74) is 1.73. The van der Waals surface area contributed by atoms with E-state index in [1.165, 1.54) is 23.4 Å². The van der Waals surface area contributed by atoms with Crippen molar-refractivity contribution in [3.05, 3.63) is 89.5 Å². The van der Waals surface area contributed by atoms with E-state index in [1.54, 1.807) is 19.2 Å². The molecule has 0 atom stereocenters. The van der Waals surface area contributed by atoms with Crippen LogP contribution in [-0.2, 0) is 26.4 Å². The normalized spacial score (nSPS) is 11.4. The van der Waals surface area contributed by atoms with Crippen LogP contribution in [0.3, 0.4) is 0 Å². The lowest BCUT2D eigenvalue weighted by atomic mass is 10.2. The Labute approximate surface area is 197 Å². The molecule has 4 rings (SSSR count). The van der Waals surface area contributed by atoms with Crippen molar-refractivity contribution in [3.8, 4) is 0 Å². The number of fused-ring (bicyclic) bond motifs is 1. The summed E-state index contributed by atoms with van der Waals surface area (Å²) in [6, 6.07) is 12.9. The SMILES string of the molecule is Cn1c(=O)c2c(nc(SCc3cccc(Cl)c3)n2Cc2ccc(Cl)c(Cl)c2)n(C)c1=O. The van der Waals surface area contributed by atoms with Crippen LogP contribution in [0.1, 0.15) is 11.1 Å². The van der Waals surface area contributed by atoms with Crippen molar-refractivity contribution >= 4 is 57.7 Å². The second-order valence-electron chi connectivity index (χ2n) is 7.03. The minimum Gasteiger partial charge on any atom is -0.309 e. The Hall–Kier alpha value is -2.19. The molecule has 0 saturated carbocycles. The molecule has 4 aromatic rings. The van der Waals surface area contributed by atoms with E-state index in [0.717, 1.165) is 15.7 Å². The molecule has 2 heterocycles. The van der Waals surface area contributed by atoms with E-state index in [9.17, 15) is 9.59 Å². The summed E-state index contributed by atoms with van der Waals surface area (Å²) in [5, 5.41) is 2.14. The van der Waals surface area contributed by atoms with Crippen LogP contribution >= 0.6 is 46.6 Å². The lowest BCUT2D eigenvalue weighted by molar-refractivity contribution is 0.696. The molecule has 0 unspecified atom stereocenters. The van der Waals surface area contributed by atoms with Crippen molar-refractivity contribution < 1.29 is 0 Å². The van der Waals surface area contributed by atoms with Gasteiger partial charge in [-0.05, 0) is 35.4 Å². The summed E-state index contributed by atoms with van der Waals surface area (Å²) < 4.78 is 4.28. The molecular weight excluding hydrogens is 479 g/mol. The summed E-state index contributed by atoms with van der Waals surface area (Å²) in [5.74, 6) is 0.597. The van der Waals surface area contributed by atoms with Crippen molar-refractivity contribution in [2.24, 2.45) is 14.1 Å². The first-order valence-corrected chi connectivity index (χ1v) is 11.4. The number of thioether (sulfide) groups is 1. The van der Waals surface area contributed by atoms with Gasteiger partial charge in [0.25, 0.3) is 5.56 Å². The third kappa shape index (κ3) is 4.28. The van der Waals surface area contributed by atoms with Crippen molar-refractivity contribution in [1.82, 2.24) is 18.7 Å². The highest BCUT2D eigenvalue weighted by atomic mass is 35.5. The zero-order valence-corrected chi connectivity index (χ0v) is 19.7. The molecule has 10 heteroatoms. The molecule has 0 aliphatic heterocycles. The first-order chi connectivity index (χ1) is 14.8. The van der Waals surface area contributed by atoms with Gasteiger partial charge in [-0.2, -0.15) is 0 Å². The summed E-state index contributed by atoms with van der Waals surface area (Å²) in [7, 11) is 3.06. The summed E-state index contributed by atoms with van der Waals surface area (Å²) in [6.45, 7) is 0.346. The quantitative estimate of drug-likeness (QED) is 0.375. The Kier molecular flexibility index (Phi) is 6.21. The predicted molar refractivity (Wildman–Crippen MR) is 127 cm³/mol. The molecule has 0 aliphatic rings. The molecule has 2 aromatic heterocycles. The third-order valence-electron chi connectivity index (χ3n) is 4.89. The van der Waals surface area contributed by atoms with Gasteiger partial charge in [0.1, 0.15) is 0 Å². The number of aryl methyl sites for hydroxylation is 1. The van der Waals surface area contributed by atoms with E-state index < -0.39 is 11.2 Å². The fourth-order valence-corrected chi connectivity index (χ4v) is 4.75. The molecule has 160 valence electrons. The van der Waals surface area contributed by atoms with Gasteiger partial charge in [-0.1, -0.05) is 64.8 Å². The maximum Gasteiger partial charge on any atom is 0.332 e. The Morgan fingerprint density at radius 2 is 1.71 bits per heavy atom. The Morgan fingerprint density at radius 1 is 0.935 bits per heavy atom. The van der Waals surface area contributed by atoms with Gasteiger partial charge in [0.2, 0.25) is 0 Å². The Balaban J connectivity index is 1.85. The number of benzene rings is 2. The molecule has 0 N–H and O–H groups in total. The van der Waals surface area contributed by atoms with E-state index in [0.29, 0.717) is 43.7 Å².